The zero-order chi connectivity index (χ0) is 21.3. The maximum Gasteiger partial charge on any atom is 0.230 e. The summed E-state index contributed by atoms with van der Waals surface area (Å²) in [5.74, 6) is 0.524. The second kappa shape index (κ2) is 9.04. The first-order chi connectivity index (χ1) is 14.5. The minimum Gasteiger partial charge on any atom is -0.330 e. The molecule has 2 heterocycles. The number of benzene rings is 1. The molecule has 2 aliphatic heterocycles. The van der Waals surface area contributed by atoms with Crippen LogP contribution < -0.4 is 26.2 Å². The molecule has 0 radical (unpaired) electrons. The molecule has 1 saturated carbocycles. The monoisotopic (exact) mass is 413 g/mol. The lowest BCUT2D eigenvalue weighted by atomic mass is 9.95. The zero-order valence-electron chi connectivity index (χ0n) is 18.2. The third-order valence-electron chi connectivity index (χ3n) is 6.72. The Labute approximate surface area is 179 Å². The minimum absolute atomic E-state index is 0.0120. The second-order valence-corrected chi connectivity index (χ2v) is 9.07. The Balaban J connectivity index is 1.59. The van der Waals surface area contributed by atoms with Gasteiger partial charge < -0.3 is 26.2 Å². The fourth-order valence-electron chi connectivity index (χ4n) is 4.81. The molecule has 7 heteroatoms. The molecular formula is C23H35N5O2. The van der Waals surface area contributed by atoms with Gasteiger partial charge in [-0.05, 0) is 63.4 Å². The van der Waals surface area contributed by atoms with E-state index in [9.17, 15) is 9.59 Å². The molecule has 1 unspecified atom stereocenters. The smallest absolute Gasteiger partial charge is 0.230 e. The van der Waals surface area contributed by atoms with Crippen LogP contribution in [-0.2, 0) is 9.59 Å². The maximum atomic E-state index is 13.0. The Morgan fingerprint density at radius 3 is 2.57 bits per heavy atom. The highest BCUT2D eigenvalue weighted by Crippen LogP contribution is 2.41. The maximum absolute atomic E-state index is 13.0. The van der Waals surface area contributed by atoms with Gasteiger partial charge in [0.05, 0.1) is 17.4 Å². The van der Waals surface area contributed by atoms with Crippen LogP contribution in [0, 0.1) is 5.92 Å². The van der Waals surface area contributed by atoms with Crippen molar-refractivity contribution in [2.75, 3.05) is 42.5 Å². The molecule has 4 rings (SSSR count). The fourth-order valence-corrected chi connectivity index (χ4v) is 4.81. The van der Waals surface area contributed by atoms with E-state index in [1.807, 2.05) is 22.8 Å². The van der Waals surface area contributed by atoms with E-state index in [0.717, 1.165) is 62.3 Å². The van der Waals surface area contributed by atoms with Gasteiger partial charge in [-0.2, -0.15) is 0 Å². The van der Waals surface area contributed by atoms with Crippen LogP contribution in [0.15, 0.2) is 18.2 Å². The molecule has 3 aliphatic rings. The highest BCUT2D eigenvalue weighted by atomic mass is 16.2. The average Bonchev–Trinajstić information content (AvgIpc) is 3.59. The molecule has 2 amide bonds. The molecule has 2 atom stereocenters. The van der Waals surface area contributed by atoms with Gasteiger partial charge in [0.25, 0.3) is 0 Å². The first-order valence-corrected chi connectivity index (χ1v) is 11.4. The summed E-state index contributed by atoms with van der Waals surface area (Å²) in [4.78, 5) is 29.1. The van der Waals surface area contributed by atoms with Gasteiger partial charge in [-0.3, -0.25) is 9.59 Å². The van der Waals surface area contributed by atoms with Crippen molar-refractivity contribution >= 4 is 23.2 Å². The average molecular weight is 414 g/mol. The van der Waals surface area contributed by atoms with Crippen LogP contribution >= 0.6 is 0 Å². The van der Waals surface area contributed by atoms with E-state index in [0.29, 0.717) is 19.1 Å². The number of carbonyl (C=O) groups is 2. The molecule has 2 fully saturated rings. The van der Waals surface area contributed by atoms with Crippen LogP contribution in [0.2, 0.25) is 0 Å². The van der Waals surface area contributed by atoms with Crippen LogP contribution in [0.5, 0.6) is 0 Å². The summed E-state index contributed by atoms with van der Waals surface area (Å²) in [6, 6.07) is 6.67. The summed E-state index contributed by atoms with van der Waals surface area (Å²) in [7, 11) is 0. The van der Waals surface area contributed by atoms with Crippen LogP contribution in [0.1, 0.15) is 51.0 Å². The summed E-state index contributed by atoms with van der Waals surface area (Å²) < 4.78 is 0. The molecule has 1 saturated heterocycles. The first kappa shape index (κ1) is 21.3. The number of piperidine rings is 1. The van der Waals surface area contributed by atoms with Crippen molar-refractivity contribution in [3.05, 3.63) is 23.8 Å². The van der Waals surface area contributed by atoms with Crippen LogP contribution in [0.3, 0.4) is 0 Å². The Morgan fingerprint density at radius 1 is 1.20 bits per heavy atom. The predicted octanol–water partition coefficient (Wildman–Crippen LogP) is 1.57. The summed E-state index contributed by atoms with van der Waals surface area (Å²) in [5.41, 5.74) is 8.97. The van der Waals surface area contributed by atoms with Gasteiger partial charge in [0.1, 0.15) is 0 Å². The van der Waals surface area contributed by atoms with Gasteiger partial charge in [0, 0.05) is 44.4 Å². The Morgan fingerprint density at radius 2 is 1.93 bits per heavy atom. The normalized spacial score (nSPS) is 23.2. The van der Waals surface area contributed by atoms with Crippen LogP contribution in [0.25, 0.3) is 0 Å². The largest absolute Gasteiger partial charge is 0.330 e. The van der Waals surface area contributed by atoms with Crippen molar-refractivity contribution in [3.63, 3.8) is 0 Å². The lowest BCUT2D eigenvalue weighted by molar-refractivity contribution is -0.120. The second-order valence-electron chi connectivity index (χ2n) is 9.07. The number of hydrogen-bond acceptors (Lipinski definition) is 5. The van der Waals surface area contributed by atoms with E-state index in [-0.39, 0.29) is 29.7 Å². The summed E-state index contributed by atoms with van der Waals surface area (Å²) in [6.07, 6.45) is 4.22. The molecule has 1 aliphatic carbocycles. The third-order valence-corrected chi connectivity index (χ3v) is 6.72. The summed E-state index contributed by atoms with van der Waals surface area (Å²) in [6.45, 7) is 7.63. The van der Waals surface area contributed by atoms with Crippen molar-refractivity contribution in [1.82, 2.24) is 10.6 Å². The number of anilines is 2. The molecule has 1 aromatic rings. The van der Waals surface area contributed by atoms with Gasteiger partial charge in [0.2, 0.25) is 11.8 Å². The molecule has 1 aromatic carbocycles. The highest BCUT2D eigenvalue weighted by Gasteiger charge is 2.39. The van der Waals surface area contributed by atoms with Crippen molar-refractivity contribution in [2.45, 2.75) is 57.5 Å². The Bertz CT molecular complexity index is 788. The van der Waals surface area contributed by atoms with Crippen molar-refractivity contribution < 1.29 is 9.59 Å². The van der Waals surface area contributed by atoms with E-state index >= 15 is 0 Å². The number of carbonyl (C=O) groups excluding carboxylic acids is 2. The Kier molecular flexibility index (Phi) is 6.41. The molecule has 30 heavy (non-hydrogen) atoms. The fraction of sp³-hybridized carbons (Fsp3) is 0.652. The van der Waals surface area contributed by atoms with Gasteiger partial charge in [0.15, 0.2) is 0 Å². The standard InChI is InChI=1S/C23H35N5O2/c1-15-14-27(23(30)17-3-4-17)22-11-18(5-6-21(22)28(15)16(2)29)19(12-24)13-26-20-7-9-25-10-8-20/h5-6,11,15,17,19-20,25-26H,3-4,7-10,12-14,24H2,1-2H3/t15-,19?/m0/s1. The van der Waals surface area contributed by atoms with Crippen molar-refractivity contribution in [3.8, 4) is 0 Å². The van der Waals surface area contributed by atoms with Gasteiger partial charge in [-0.15, -0.1) is 0 Å². The van der Waals surface area contributed by atoms with E-state index in [1.54, 1.807) is 6.92 Å². The number of nitrogens with two attached hydrogens (primary N) is 1. The van der Waals surface area contributed by atoms with E-state index in [2.05, 4.69) is 22.8 Å². The highest BCUT2D eigenvalue weighted by molar-refractivity contribution is 6.05. The zero-order valence-corrected chi connectivity index (χ0v) is 18.2. The summed E-state index contributed by atoms with van der Waals surface area (Å²) >= 11 is 0. The molecule has 164 valence electrons. The number of amides is 2. The molecule has 7 nitrogen and oxygen atoms in total. The lowest BCUT2D eigenvalue weighted by Crippen LogP contribution is -2.51. The van der Waals surface area contributed by atoms with E-state index < -0.39 is 0 Å². The quantitative estimate of drug-likeness (QED) is 0.659. The Hall–Kier alpha value is -1.96. The topological polar surface area (TPSA) is 90.7 Å². The van der Waals surface area contributed by atoms with Crippen molar-refractivity contribution in [2.24, 2.45) is 11.7 Å². The number of fused-ring (bicyclic) bond motifs is 1. The van der Waals surface area contributed by atoms with Gasteiger partial charge in [-0.1, -0.05) is 6.07 Å². The van der Waals surface area contributed by atoms with Crippen LogP contribution in [0.4, 0.5) is 11.4 Å². The predicted molar refractivity (Wildman–Crippen MR) is 120 cm³/mol. The van der Waals surface area contributed by atoms with E-state index in [4.69, 9.17) is 5.73 Å². The molecular weight excluding hydrogens is 378 g/mol. The number of nitrogens with zero attached hydrogens (tertiary/aromatic N) is 2. The number of hydrogen-bond donors (Lipinski definition) is 3. The molecule has 0 bridgehead atoms. The molecule has 0 aromatic heterocycles. The lowest BCUT2D eigenvalue weighted by Gasteiger charge is -2.41. The third kappa shape index (κ3) is 4.38. The van der Waals surface area contributed by atoms with Gasteiger partial charge in [-0.25, -0.2) is 0 Å². The SMILES string of the molecule is CC(=O)N1c2ccc(C(CN)CNC3CCNCC3)cc2N(C(=O)C2CC2)C[C@@H]1C. The van der Waals surface area contributed by atoms with E-state index in [1.165, 1.54) is 0 Å². The van der Waals surface area contributed by atoms with Gasteiger partial charge >= 0.3 is 0 Å². The number of nitrogens with one attached hydrogen (secondary N) is 2. The van der Waals surface area contributed by atoms with Crippen molar-refractivity contribution in [1.29, 1.82) is 0 Å². The number of rotatable bonds is 6. The minimum atomic E-state index is -0.0320. The molecule has 4 N–H and O–H groups in total. The summed E-state index contributed by atoms with van der Waals surface area (Å²) in [5, 5.41) is 7.08. The van der Waals surface area contributed by atoms with Crippen LogP contribution in [-0.4, -0.2) is 56.6 Å². The molecule has 0 spiro atoms. The first-order valence-electron chi connectivity index (χ1n) is 11.4.